The number of para-hydroxylation sites is 1. The van der Waals surface area contributed by atoms with E-state index in [1.54, 1.807) is 12.1 Å². The van der Waals surface area contributed by atoms with E-state index in [2.05, 4.69) is 18.3 Å². The molecule has 0 amide bonds. The highest BCUT2D eigenvalue weighted by Crippen LogP contribution is 2.12. The topological polar surface area (TPSA) is 21.3 Å². The number of benzene rings is 2. The Kier molecular flexibility index (Phi) is 4.93. The lowest BCUT2D eigenvalue weighted by atomic mass is 10.2. The Morgan fingerprint density at radius 1 is 1.05 bits per heavy atom. The molecular weight excluding hydrogens is 241 g/mol. The molecule has 0 spiro atoms. The van der Waals surface area contributed by atoms with E-state index in [-0.39, 0.29) is 5.82 Å². The van der Waals surface area contributed by atoms with Crippen LogP contribution >= 0.6 is 0 Å². The first kappa shape index (κ1) is 13.6. The number of ether oxygens (including phenoxy) is 1. The molecule has 2 nitrogen and oxygen atoms in total. The van der Waals surface area contributed by atoms with Gasteiger partial charge in [-0.1, -0.05) is 36.4 Å². The summed E-state index contributed by atoms with van der Waals surface area (Å²) in [5.74, 6) is -0.214. The Hall–Kier alpha value is -1.87. The van der Waals surface area contributed by atoms with Gasteiger partial charge < -0.3 is 10.1 Å². The first-order chi connectivity index (χ1) is 9.27. The molecule has 1 N–H and O–H groups in total. The van der Waals surface area contributed by atoms with E-state index >= 15 is 0 Å². The zero-order valence-electron chi connectivity index (χ0n) is 11.0. The lowest BCUT2D eigenvalue weighted by Crippen LogP contribution is -2.10. The average Bonchev–Trinajstić information content (AvgIpc) is 2.42. The summed E-state index contributed by atoms with van der Waals surface area (Å²) in [4.78, 5) is 0. The highest BCUT2D eigenvalue weighted by atomic mass is 19.1. The van der Waals surface area contributed by atoms with Crippen molar-refractivity contribution in [1.29, 1.82) is 0 Å². The standard InChI is InChI=1S/C16H18FNO/c1-13-6-2-5-9-16(13)18-10-11-19-12-14-7-3-4-8-15(14)17/h2-9,18H,10-12H2,1H3. The lowest BCUT2D eigenvalue weighted by Gasteiger charge is -2.10. The van der Waals surface area contributed by atoms with Crippen molar-refractivity contribution in [3.8, 4) is 0 Å². The van der Waals surface area contributed by atoms with Crippen molar-refractivity contribution in [3.63, 3.8) is 0 Å². The first-order valence-corrected chi connectivity index (χ1v) is 6.38. The molecule has 0 aliphatic rings. The molecule has 0 aliphatic carbocycles. The van der Waals surface area contributed by atoms with Crippen LogP contribution in [0.2, 0.25) is 0 Å². The van der Waals surface area contributed by atoms with E-state index < -0.39 is 0 Å². The highest BCUT2D eigenvalue weighted by Gasteiger charge is 2.00. The number of nitrogens with one attached hydrogen (secondary N) is 1. The molecule has 0 aliphatic heterocycles. The zero-order valence-corrected chi connectivity index (χ0v) is 11.0. The summed E-state index contributed by atoms with van der Waals surface area (Å²) >= 11 is 0. The number of aryl methyl sites for hydroxylation is 1. The molecule has 0 bridgehead atoms. The van der Waals surface area contributed by atoms with Gasteiger partial charge in [0, 0.05) is 17.8 Å². The van der Waals surface area contributed by atoms with Crippen LogP contribution in [0.4, 0.5) is 10.1 Å². The zero-order chi connectivity index (χ0) is 13.5. The molecule has 0 aromatic heterocycles. The van der Waals surface area contributed by atoms with Crippen LogP contribution in [0.25, 0.3) is 0 Å². The minimum Gasteiger partial charge on any atom is -0.383 e. The molecule has 0 unspecified atom stereocenters. The second-order valence-electron chi connectivity index (χ2n) is 4.39. The van der Waals surface area contributed by atoms with Crippen LogP contribution in [0.1, 0.15) is 11.1 Å². The van der Waals surface area contributed by atoms with Gasteiger partial charge in [0.1, 0.15) is 5.82 Å². The molecule has 0 saturated carbocycles. The number of hydrogen-bond donors (Lipinski definition) is 1. The van der Waals surface area contributed by atoms with Crippen molar-refractivity contribution in [1.82, 2.24) is 0 Å². The van der Waals surface area contributed by atoms with E-state index in [1.807, 2.05) is 24.3 Å². The molecule has 2 aromatic rings. The van der Waals surface area contributed by atoms with Crippen LogP contribution in [-0.4, -0.2) is 13.2 Å². The van der Waals surface area contributed by atoms with E-state index in [0.29, 0.717) is 25.3 Å². The van der Waals surface area contributed by atoms with Gasteiger partial charge >= 0.3 is 0 Å². The SMILES string of the molecule is Cc1ccccc1NCCOCc1ccccc1F. The van der Waals surface area contributed by atoms with Crippen LogP contribution < -0.4 is 5.32 Å². The molecule has 100 valence electrons. The Morgan fingerprint density at radius 3 is 2.58 bits per heavy atom. The van der Waals surface area contributed by atoms with Crippen molar-refractivity contribution < 1.29 is 9.13 Å². The normalized spacial score (nSPS) is 10.4. The summed E-state index contributed by atoms with van der Waals surface area (Å²) in [6.45, 7) is 3.62. The van der Waals surface area contributed by atoms with Gasteiger partial charge in [-0.05, 0) is 24.6 Å². The van der Waals surface area contributed by atoms with Crippen molar-refractivity contribution in [2.24, 2.45) is 0 Å². The molecule has 0 atom stereocenters. The van der Waals surface area contributed by atoms with Gasteiger partial charge in [0.2, 0.25) is 0 Å². The summed E-state index contributed by atoms with van der Waals surface area (Å²) in [5, 5.41) is 3.30. The number of hydrogen-bond acceptors (Lipinski definition) is 2. The smallest absolute Gasteiger partial charge is 0.128 e. The summed E-state index contributed by atoms with van der Waals surface area (Å²) in [5.41, 5.74) is 2.91. The quantitative estimate of drug-likeness (QED) is 0.797. The third kappa shape index (κ3) is 4.07. The van der Waals surface area contributed by atoms with Crippen molar-refractivity contribution in [2.45, 2.75) is 13.5 Å². The summed E-state index contributed by atoms with van der Waals surface area (Å²) in [7, 11) is 0. The van der Waals surface area contributed by atoms with Gasteiger partial charge in [-0.25, -0.2) is 4.39 Å². The molecule has 19 heavy (non-hydrogen) atoms. The highest BCUT2D eigenvalue weighted by molar-refractivity contribution is 5.50. The van der Waals surface area contributed by atoms with E-state index in [0.717, 1.165) is 5.69 Å². The van der Waals surface area contributed by atoms with Crippen LogP contribution in [0, 0.1) is 12.7 Å². The fourth-order valence-corrected chi connectivity index (χ4v) is 1.83. The van der Waals surface area contributed by atoms with Gasteiger partial charge in [-0.2, -0.15) is 0 Å². The molecule has 0 saturated heterocycles. The largest absolute Gasteiger partial charge is 0.383 e. The van der Waals surface area contributed by atoms with Crippen LogP contribution in [0.15, 0.2) is 48.5 Å². The number of rotatable bonds is 6. The maximum atomic E-state index is 13.3. The van der Waals surface area contributed by atoms with Gasteiger partial charge in [-0.3, -0.25) is 0 Å². The molecule has 3 heteroatoms. The molecule has 0 heterocycles. The van der Waals surface area contributed by atoms with E-state index in [9.17, 15) is 4.39 Å². The maximum Gasteiger partial charge on any atom is 0.128 e. The van der Waals surface area contributed by atoms with Gasteiger partial charge in [0.15, 0.2) is 0 Å². The molecule has 0 radical (unpaired) electrons. The minimum absolute atomic E-state index is 0.214. The lowest BCUT2D eigenvalue weighted by molar-refractivity contribution is 0.128. The molecule has 0 fully saturated rings. The third-order valence-electron chi connectivity index (χ3n) is 2.92. The molecular formula is C16H18FNO. The van der Waals surface area contributed by atoms with Crippen LogP contribution in [0.3, 0.4) is 0 Å². The second kappa shape index (κ2) is 6.90. The Balaban J connectivity index is 1.71. The van der Waals surface area contributed by atoms with E-state index in [1.165, 1.54) is 11.6 Å². The predicted molar refractivity (Wildman–Crippen MR) is 75.7 cm³/mol. The van der Waals surface area contributed by atoms with Gasteiger partial charge in [0.05, 0.1) is 13.2 Å². The summed E-state index contributed by atoms with van der Waals surface area (Å²) in [6, 6.07) is 14.8. The van der Waals surface area contributed by atoms with Crippen molar-refractivity contribution >= 4 is 5.69 Å². The summed E-state index contributed by atoms with van der Waals surface area (Å²) in [6.07, 6.45) is 0. The number of halogens is 1. The number of anilines is 1. The fourth-order valence-electron chi connectivity index (χ4n) is 1.83. The first-order valence-electron chi connectivity index (χ1n) is 6.38. The Morgan fingerprint density at radius 2 is 1.79 bits per heavy atom. The average molecular weight is 259 g/mol. The van der Waals surface area contributed by atoms with Gasteiger partial charge in [0.25, 0.3) is 0 Å². The Labute approximate surface area is 113 Å². The molecule has 2 aromatic carbocycles. The van der Waals surface area contributed by atoms with Crippen LogP contribution in [-0.2, 0) is 11.3 Å². The van der Waals surface area contributed by atoms with Crippen LogP contribution in [0.5, 0.6) is 0 Å². The van der Waals surface area contributed by atoms with Crippen molar-refractivity contribution in [3.05, 3.63) is 65.5 Å². The maximum absolute atomic E-state index is 13.3. The second-order valence-corrected chi connectivity index (χ2v) is 4.39. The predicted octanol–water partition coefficient (Wildman–Crippen LogP) is 3.76. The molecule has 2 rings (SSSR count). The fraction of sp³-hybridized carbons (Fsp3) is 0.250. The van der Waals surface area contributed by atoms with Crippen molar-refractivity contribution in [2.75, 3.05) is 18.5 Å². The van der Waals surface area contributed by atoms with E-state index in [4.69, 9.17) is 4.74 Å². The third-order valence-corrected chi connectivity index (χ3v) is 2.92. The minimum atomic E-state index is -0.214. The van der Waals surface area contributed by atoms with Gasteiger partial charge in [-0.15, -0.1) is 0 Å². The summed E-state index contributed by atoms with van der Waals surface area (Å²) < 4.78 is 18.8. The Bertz CT molecular complexity index is 480. The monoisotopic (exact) mass is 259 g/mol.